The second-order valence-corrected chi connectivity index (χ2v) is 4.19. The third-order valence-corrected chi connectivity index (χ3v) is 3.25. The van der Waals surface area contributed by atoms with Gasteiger partial charge in [-0.3, -0.25) is 4.79 Å². The molecule has 0 aliphatic carbocycles. The number of methoxy groups -OCH3 is 1. The van der Waals surface area contributed by atoms with E-state index >= 15 is 0 Å². The average Bonchev–Trinajstić information content (AvgIpc) is 2.73. The first-order valence-electron chi connectivity index (χ1n) is 4.08. The summed E-state index contributed by atoms with van der Waals surface area (Å²) in [5, 5.41) is 11.8. The summed E-state index contributed by atoms with van der Waals surface area (Å²) < 4.78 is 5.83. The van der Waals surface area contributed by atoms with Gasteiger partial charge in [0, 0.05) is 16.3 Å². The van der Waals surface area contributed by atoms with Crippen LogP contribution in [0.2, 0.25) is 0 Å². The van der Waals surface area contributed by atoms with E-state index in [1.807, 2.05) is 0 Å². The predicted octanol–water partition coefficient (Wildman–Crippen LogP) is 1.26. The van der Waals surface area contributed by atoms with E-state index in [4.69, 9.17) is 23.2 Å². The van der Waals surface area contributed by atoms with Crippen LogP contribution in [0.5, 0.6) is 0 Å². The lowest BCUT2D eigenvalue weighted by Crippen LogP contribution is -2.13. The van der Waals surface area contributed by atoms with Gasteiger partial charge in [-0.1, -0.05) is 35.0 Å². The SMILES string of the molecule is COC(=O)Cn1nnnc1SCC(Cl)=CCl. The van der Waals surface area contributed by atoms with Crippen molar-refractivity contribution < 1.29 is 9.53 Å². The summed E-state index contributed by atoms with van der Waals surface area (Å²) in [5.41, 5.74) is 1.27. The Balaban J connectivity index is 2.60. The highest BCUT2D eigenvalue weighted by Crippen LogP contribution is 2.19. The van der Waals surface area contributed by atoms with Crippen molar-refractivity contribution >= 4 is 40.9 Å². The lowest BCUT2D eigenvalue weighted by atomic mass is 10.7. The highest BCUT2D eigenvalue weighted by molar-refractivity contribution is 7.99. The van der Waals surface area contributed by atoms with Crippen molar-refractivity contribution in [1.82, 2.24) is 20.2 Å². The molecular formula is C7H8Cl2N4O2S. The number of nitrogens with zero attached hydrogens (tertiary/aromatic N) is 4. The molecule has 1 rings (SSSR count). The number of tetrazole rings is 1. The zero-order chi connectivity index (χ0) is 12.0. The molecule has 16 heavy (non-hydrogen) atoms. The van der Waals surface area contributed by atoms with E-state index in [-0.39, 0.29) is 6.54 Å². The zero-order valence-electron chi connectivity index (χ0n) is 8.26. The maximum Gasteiger partial charge on any atom is 0.327 e. The molecule has 1 heterocycles. The first-order valence-corrected chi connectivity index (χ1v) is 5.88. The number of ether oxygens (including phenoxy) is 1. The van der Waals surface area contributed by atoms with Crippen LogP contribution in [0.3, 0.4) is 0 Å². The molecule has 0 spiro atoms. The Kier molecular flexibility index (Phi) is 5.58. The number of thioether (sulfide) groups is 1. The van der Waals surface area contributed by atoms with Gasteiger partial charge in [-0.2, -0.15) is 0 Å². The Morgan fingerprint density at radius 2 is 2.44 bits per heavy atom. The van der Waals surface area contributed by atoms with E-state index < -0.39 is 5.97 Å². The van der Waals surface area contributed by atoms with Gasteiger partial charge in [0.2, 0.25) is 5.16 Å². The zero-order valence-corrected chi connectivity index (χ0v) is 10.6. The van der Waals surface area contributed by atoms with E-state index in [1.54, 1.807) is 0 Å². The number of hydrogen-bond donors (Lipinski definition) is 0. The van der Waals surface area contributed by atoms with Crippen molar-refractivity contribution in [2.24, 2.45) is 0 Å². The van der Waals surface area contributed by atoms with Crippen molar-refractivity contribution in [3.63, 3.8) is 0 Å². The lowest BCUT2D eigenvalue weighted by molar-refractivity contribution is -0.141. The molecule has 0 fully saturated rings. The number of hydrogen-bond acceptors (Lipinski definition) is 6. The van der Waals surface area contributed by atoms with Crippen LogP contribution in [0.15, 0.2) is 15.7 Å². The molecule has 0 saturated carbocycles. The summed E-state index contributed by atoms with van der Waals surface area (Å²) in [7, 11) is 1.30. The van der Waals surface area contributed by atoms with Crippen LogP contribution in [0.1, 0.15) is 0 Å². The Morgan fingerprint density at radius 1 is 1.69 bits per heavy atom. The van der Waals surface area contributed by atoms with Gasteiger partial charge < -0.3 is 4.74 Å². The van der Waals surface area contributed by atoms with Crippen molar-refractivity contribution in [2.45, 2.75) is 11.7 Å². The van der Waals surface area contributed by atoms with E-state index in [2.05, 4.69) is 20.3 Å². The van der Waals surface area contributed by atoms with Gasteiger partial charge >= 0.3 is 5.97 Å². The molecule has 0 atom stereocenters. The van der Waals surface area contributed by atoms with Gasteiger partial charge in [0.15, 0.2) is 0 Å². The van der Waals surface area contributed by atoms with Crippen LogP contribution in [0.4, 0.5) is 0 Å². The topological polar surface area (TPSA) is 69.9 Å². The number of rotatable bonds is 5. The van der Waals surface area contributed by atoms with Crippen LogP contribution >= 0.6 is 35.0 Å². The number of esters is 1. The largest absolute Gasteiger partial charge is 0.468 e. The highest BCUT2D eigenvalue weighted by Gasteiger charge is 2.11. The summed E-state index contributed by atoms with van der Waals surface area (Å²) >= 11 is 12.4. The summed E-state index contributed by atoms with van der Waals surface area (Å²) in [5.74, 6) is 0.0141. The first kappa shape index (κ1) is 13.3. The third kappa shape index (κ3) is 3.99. The first-order chi connectivity index (χ1) is 7.67. The molecule has 0 saturated heterocycles. The van der Waals surface area contributed by atoms with Crippen molar-refractivity contribution in [3.05, 3.63) is 10.6 Å². The smallest absolute Gasteiger partial charge is 0.327 e. The molecule has 0 bridgehead atoms. The molecule has 0 aliphatic rings. The normalized spacial score (nSPS) is 11.6. The van der Waals surface area contributed by atoms with Crippen LogP contribution in [0.25, 0.3) is 0 Å². The van der Waals surface area contributed by atoms with E-state index in [0.717, 1.165) is 0 Å². The molecule has 9 heteroatoms. The molecule has 0 amide bonds. The van der Waals surface area contributed by atoms with Gasteiger partial charge in [0.1, 0.15) is 6.54 Å². The predicted molar refractivity (Wildman–Crippen MR) is 60.3 cm³/mol. The minimum absolute atomic E-state index is 0.0337. The highest BCUT2D eigenvalue weighted by atomic mass is 35.5. The van der Waals surface area contributed by atoms with Gasteiger partial charge in [-0.25, -0.2) is 4.68 Å². The van der Waals surface area contributed by atoms with Crippen LogP contribution in [-0.2, 0) is 16.1 Å². The van der Waals surface area contributed by atoms with Crippen LogP contribution in [0, 0.1) is 0 Å². The average molecular weight is 283 g/mol. The van der Waals surface area contributed by atoms with Gasteiger partial charge in [-0.05, 0) is 10.4 Å². The number of carbonyl (C=O) groups excluding carboxylic acids is 1. The van der Waals surface area contributed by atoms with Crippen molar-refractivity contribution in [2.75, 3.05) is 12.9 Å². The van der Waals surface area contributed by atoms with Crippen molar-refractivity contribution in [3.8, 4) is 0 Å². The standard InChI is InChI=1S/C7H8Cl2N4O2S/c1-15-6(14)3-13-7(10-11-12-13)16-4-5(9)2-8/h2H,3-4H2,1H3. The van der Waals surface area contributed by atoms with Crippen molar-refractivity contribution in [1.29, 1.82) is 0 Å². The Morgan fingerprint density at radius 3 is 3.06 bits per heavy atom. The Hall–Kier alpha value is -0.790. The van der Waals surface area contributed by atoms with E-state index in [0.29, 0.717) is 15.9 Å². The quantitative estimate of drug-likeness (QED) is 0.598. The fourth-order valence-electron chi connectivity index (χ4n) is 0.751. The third-order valence-electron chi connectivity index (χ3n) is 1.46. The molecular weight excluding hydrogens is 275 g/mol. The minimum Gasteiger partial charge on any atom is -0.468 e. The summed E-state index contributed by atoms with van der Waals surface area (Å²) in [6.45, 7) is -0.0337. The minimum atomic E-state index is -0.423. The lowest BCUT2D eigenvalue weighted by Gasteiger charge is -2.01. The summed E-state index contributed by atoms with van der Waals surface area (Å²) in [4.78, 5) is 11.0. The Labute approximate surface area is 106 Å². The van der Waals surface area contributed by atoms with E-state index in [9.17, 15) is 4.79 Å². The molecule has 88 valence electrons. The number of aromatic nitrogens is 4. The van der Waals surface area contributed by atoms with Gasteiger partial charge in [0.05, 0.1) is 7.11 Å². The maximum absolute atomic E-state index is 11.0. The molecule has 0 N–H and O–H groups in total. The molecule has 0 radical (unpaired) electrons. The molecule has 0 aliphatic heterocycles. The van der Waals surface area contributed by atoms with E-state index in [1.165, 1.54) is 29.1 Å². The van der Waals surface area contributed by atoms with Crippen LogP contribution in [-0.4, -0.2) is 39.0 Å². The van der Waals surface area contributed by atoms with Gasteiger partial charge in [-0.15, -0.1) is 5.10 Å². The maximum atomic E-state index is 11.0. The molecule has 1 aromatic heterocycles. The van der Waals surface area contributed by atoms with Crippen LogP contribution < -0.4 is 0 Å². The Bertz CT molecular complexity index is 395. The van der Waals surface area contributed by atoms with Gasteiger partial charge in [0.25, 0.3) is 0 Å². The monoisotopic (exact) mass is 282 g/mol. The summed E-state index contributed by atoms with van der Waals surface area (Å²) in [6.07, 6.45) is 0. The number of halogens is 2. The summed E-state index contributed by atoms with van der Waals surface area (Å²) in [6, 6.07) is 0. The fraction of sp³-hybridized carbons (Fsp3) is 0.429. The second-order valence-electron chi connectivity index (χ2n) is 2.54. The molecule has 6 nitrogen and oxygen atoms in total. The molecule has 0 aromatic carbocycles. The number of carbonyl (C=O) groups is 1. The molecule has 0 unspecified atom stereocenters. The molecule has 1 aromatic rings. The second kappa shape index (κ2) is 6.72. The fourth-order valence-corrected chi connectivity index (χ4v) is 1.78.